The maximum Gasteiger partial charge on any atom is 0.277 e. The second-order valence-electron chi connectivity index (χ2n) is 6.37. The van der Waals surface area contributed by atoms with Crippen molar-refractivity contribution >= 4 is 33.4 Å². The Balaban J connectivity index is 1.68. The molecule has 0 unspecified atom stereocenters. The molecule has 0 saturated heterocycles. The summed E-state index contributed by atoms with van der Waals surface area (Å²) in [7, 11) is 1.53. The number of hydrogen-bond acceptors (Lipinski definition) is 6. The first-order valence-corrected chi connectivity index (χ1v) is 8.87. The number of aromatic nitrogens is 4. The van der Waals surface area contributed by atoms with Crippen molar-refractivity contribution in [3.05, 3.63) is 74.8 Å². The highest BCUT2D eigenvalue weighted by Crippen LogP contribution is 2.15. The van der Waals surface area contributed by atoms with E-state index in [2.05, 4.69) is 20.6 Å². The van der Waals surface area contributed by atoms with E-state index in [9.17, 15) is 14.4 Å². The number of aromatic amines is 1. The van der Waals surface area contributed by atoms with E-state index in [0.29, 0.717) is 34.1 Å². The van der Waals surface area contributed by atoms with Crippen LogP contribution < -0.4 is 16.3 Å². The van der Waals surface area contributed by atoms with E-state index >= 15 is 0 Å². The predicted octanol–water partition coefficient (Wildman–Crippen LogP) is 1.53. The van der Waals surface area contributed by atoms with Gasteiger partial charge >= 0.3 is 0 Å². The molecule has 0 spiro atoms. The van der Waals surface area contributed by atoms with Crippen molar-refractivity contribution in [2.24, 2.45) is 0 Å². The molecule has 2 heterocycles. The zero-order valence-electron chi connectivity index (χ0n) is 15.5. The summed E-state index contributed by atoms with van der Waals surface area (Å²) < 4.78 is 6.16. The molecule has 0 fully saturated rings. The van der Waals surface area contributed by atoms with Crippen molar-refractivity contribution in [3.63, 3.8) is 0 Å². The summed E-state index contributed by atoms with van der Waals surface area (Å²) in [5.41, 5.74) is 0.699. The van der Waals surface area contributed by atoms with Gasteiger partial charge in [0.1, 0.15) is 11.1 Å². The molecule has 4 aromatic rings. The Bertz CT molecular complexity index is 1340. The van der Waals surface area contributed by atoms with Gasteiger partial charge in [0.2, 0.25) is 5.43 Å². The van der Waals surface area contributed by atoms with E-state index in [1.165, 1.54) is 24.1 Å². The number of hydrogen-bond donors (Lipinski definition) is 2. The van der Waals surface area contributed by atoms with Crippen molar-refractivity contribution in [3.8, 4) is 0 Å². The summed E-state index contributed by atoms with van der Waals surface area (Å²) in [6.07, 6.45) is 1.38. The average Bonchev–Trinajstić information content (AvgIpc) is 2.74. The fourth-order valence-corrected chi connectivity index (χ4v) is 3.01. The van der Waals surface area contributed by atoms with Crippen LogP contribution in [0.3, 0.4) is 0 Å². The monoisotopic (exact) mass is 391 g/mol. The molecule has 1 amide bonds. The van der Waals surface area contributed by atoms with Crippen LogP contribution in [-0.2, 0) is 11.3 Å². The molecule has 0 aliphatic carbocycles. The van der Waals surface area contributed by atoms with Crippen LogP contribution in [0.5, 0.6) is 0 Å². The fourth-order valence-electron chi connectivity index (χ4n) is 3.01. The normalized spacial score (nSPS) is 11.1. The molecular formula is C20H17N5O4. The summed E-state index contributed by atoms with van der Waals surface area (Å²) in [6.45, 7) is 0.586. The zero-order chi connectivity index (χ0) is 20.4. The molecule has 2 aromatic carbocycles. The highest BCUT2D eigenvalue weighted by atomic mass is 16.5. The third-order valence-corrected chi connectivity index (χ3v) is 4.52. The van der Waals surface area contributed by atoms with E-state index in [1.807, 2.05) is 0 Å². The van der Waals surface area contributed by atoms with Crippen LogP contribution in [-0.4, -0.2) is 39.6 Å². The molecule has 2 aromatic heterocycles. The van der Waals surface area contributed by atoms with Gasteiger partial charge in [-0.05, 0) is 30.3 Å². The number of para-hydroxylation sites is 1. The fraction of sp³-hybridized carbons (Fsp3) is 0.150. The topological polar surface area (TPSA) is 119 Å². The summed E-state index contributed by atoms with van der Waals surface area (Å²) in [4.78, 5) is 40.8. The van der Waals surface area contributed by atoms with E-state index < -0.39 is 5.91 Å². The van der Waals surface area contributed by atoms with Crippen molar-refractivity contribution in [1.29, 1.82) is 0 Å². The number of methoxy groups -OCH3 is 1. The van der Waals surface area contributed by atoms with Crippen molar-refractivity contribution in [1.82, 2.24) is 20.0 Å². The van der Waals surface area contributed by atoms with Gasteiger partial charge in [-0.1, -0.05) is 17.3 Å². The molecular weight excluding hydrogens is 374 g/mol. The molecule has 2 N–H and O–H groups in total. The molecule has 4 rings (SSSR count). The van der Waals surface area contributed by atoms with Crippen LogP contribution in [0.1, 0.15) is 10.4 Å². The van der Waals surface area contributed by atoms with Crippen LogP contribution in [0.25, 0.3) is 21.8 Å². The lowest BCUT2D eigenvalue weighted by Gasteiger charge is -2.08. The lowest BCUT2D eigenvalue weighted by Crippen LogP contribution is -2.26. The van der Waals surface area contributed by atoms with Gasteiger partial charge in [-0.25, -0.2) is 4.68 Å². The standard InChI is InChI=1S/C20H17N5O4/c1-29-9-8-25-20(28)14-10-12(6-7-17(14)23-24-25)22-19(27)15-11-21-16-5-3-2-4-13(16)18(15)26/h2-7,10-11H,8-9H2,1H3,(H,21,26)(H,22,27). The summed E-state index contributed by atoms with van der Waals surface area (Å²) in [5, 5.41) is 11.3. The number of anilines is 1. The number of H-pyrrole nitrogens is 1. The number of benzene rings is 2. The Morgan fingerprint density at radius 1 is 1.17 bits per heavy atom. The summed E-state index contributed by atoms with van der Waals surface area (Å²) in [5.74, 6) is -0.571. The number of carbonyl (C=O) groups excluding carboxylic acids is 1. The number of nitrogens with zero attached hydrogens (tertiary/aromatic N) is 3. The number of fused-ring (bicyclic) bond motifs is 2. The quantitative estimate of drug-likeness (QED) is 0.533. The van der Waals surface area contributed by atoms with Crippen molar-refractivity contribution in [2.45, 2.75) is 6.54 Å². The van der Waals surface area contributed by atoms with Gasteiger partial charge in [-0.2, -0.15) is 0 Å². The number of ether oxygens (including phenoxy) is 1. The Hall–Kier alpha value is -3.85. The van der Waals surface area contributed by atoms with Gasteiger partial charge in [0.15, 0.2) is 0 Å². The number of nitrogens with one attached hydrogen (secondary N) is 2. The molecule has 0 radical (unpaired) electrons. The maximum absolute atomic E-state index is 12.6. The second kappa shape index (κ2) is 7.64. The van der Waals surface area contributed by atoms with E-state index in [0.717, 1.165) is 0 Å². The van der Waals surface area contributed by atoms with Gasteiger partial charge in [0.25, 0.3) is 11.5 Å². The Morgan fingerprint density at radius 3 is 2.83 bits per heavy atom. The Kier molecular flexibility index (Phi) is 4.88. The molecule has 0 atom stereocenters. The molecule has 9 heteroatoms. The van der Waals surface area contributed by atoms with Gasteiger partial charge in [0, 0.05) is 29.9 Å². The van der Waals surface area contributed by atoms with E-state index in [-0.39, 0.29) is 23.1 Å². The molecule has 9 nitrogen and oxygen atoms in total. The third-order valence-electron chi connectivity index (χ3n) is 4.52. The zero-order valence-corrected chi connectivity index (χ0v) is 15.5. The maximum atomic E-state index is 12.6. The minimum Gasteiger partial charge on any atom is -0.383 e. The minimum absolute atomic E-state index is 0.0193. The third kappa shape index (κ3) is 3.50. The number of rotatable bonds is 5. The molecule has 0 bridgehead atoms. The van der Waals surface area contributed by atoms with Crippen LogP contribution in [0.15, 0.2) is 58.3 Å². The van der Waals surface area contributed by atoms with Crippen LogP contribution >= 0.6 is 0 Å². The first-order valence-electron chi connectivity index (χ1n) is 8.87. The van der Waals surface area contributed by atoms with Crippen LogP contribution in [0, 0.1) is 0 Å². The van der Waals surface area contributed by atoms with Crippen LogP contribution in [0.2, 0.25) is 0 Å². The first kappa shape index (κ1) is 18.5. The highest BCUT2D eigenvalue weighted by molar-refractivity contribution is 6.06. The lowest BCUT2D eigenvalue weighted by atomic mass is 10.1. The second-order valence-corrected chi connectivity index (χ2v) is 6.37. The Morgan fingerprint density at radius 2 is 2.00 bits per heavy atom. The largest absolute Gasteiger partial charge is 0.383 e. The summed E-state index contributed by atoms with van der Waals surface area (Å²) >= 11 is 0. The molecule has 0 aliphatic heterocycles. The minimum atomic E-state index is -0.571. The van der Waals surface area contributed by atoms with E-state index in [1.54, 1.807) is 36.4 Å². The molecule has 146 valence electrons. The first-order chi connectivity index (χ1) is 14.1. The highest BCUT2D eigenvalue weighted by Gasteiger charge is 2.14. The van der Waals surface area contributed by atoms with Crippen molar-refractivity contribution in [2.75, 3.05) is 19.0 Å². The summed E-state index contributed by atoms with van der Waals surface area (Å²) in [6, 6.07) is 11.7. The number of carbonyl (C=O) groups is 1. The van der Waals surface area contributed by atoms with Gasteiger partial charge < -0.3 is 15.0 Å². The van der Waals surface area contributed by atoms with E-state index in [4.69, 9.17) is 4.74 Å². The van der Waals surface area contributed by atoms with Crippen LogP contribution in [0.4, 0.5) is 5.69 Å². The Labute approximate surface area is 163 Å². The lowest BCUT2D eigenvalue weighted by molar-refractivity contribution is 0.102. The smallest absolute Gasteiger partial charge is 0.277 e. The van der Waals surface area contributed by atoms with Gasteiger partial charge in [-0.3, -0.25) is 14.4 Å². The van der Waals surface area contributed by atoms with Crippen molar-refractivity contribution < 1.29 is 9.53 Å². The number of pyridine rings is 1. The molecule has 0 aliphatic rings. The SMILES string of the molecule is COCCn1nnc2ccc(NC(=O)c3c[nH]c4ccccc4c3=O)cc2c1=O. The van der Waals surface area contributed by atoms with Gasteiger partial charge in [-0.15, -0.1) is 5.10 Å². The molecule has 0 saturated carbocycles. The number of amides is 1. The van der Waals surface area contributed by atoms with Gasteiger partial charge in [0.05, 0.1) is 18.5 Å². The molecule has 29 heavy (non-hydrogen) atoms. The average molecular weight is 391 g/mol. The predicted molar refractivity (Wildman–Crippen MR) is 108 cm³/mol.